The number of hydrogen-bond donors (Lipinski definition) is 1. The van der Waals surface area contributed by atoms with Crippen LogP contribution in [0.4, 0.5) is 5.95 Å². The number of nitrogen functional groups attached to an aromatic ring is 1. The quantitative estimate of drug-likeness (QED) is 0.689. The third kappa shape index (κ3) is 2.66. The van der Waals surface area contributed by atoms with Gasteiger partial charge in [0.15, 0.2) is 0 Å². The summed E-state index contributed by atoms with van der Waals surface area (Å²) >= 11 is 0. The van der Waals surface area contributed by atoms with E-state index in [2.05, 4.69) is 41.3 Å². The molecule has 0 aliphatic carbocycles. The number of rotatable bonds is 4. The van der Waals surface area contributed by atoms with Crippen molar-refractivity contribution < 1.29 is 0 Å². The van der Waals surface area contributed by atoms with Crippen molar-refractivity contribution in [3.05, 3.63) is 0 Å². The molecule has 0 spiro atoms. The fourth-order valence-corrected chi connectivity index (χ4v) is 0.881. The van der Waals surface area contributed by atoms with Gasteiger partial charge in [-0.15, -0.1) is 0 Å². The lowest BCUT2D eigenvalue weighted by molar-refractivity contribution is 0.258. The Morgan fingerprint density at radius 1 is 1.54 bits per heavy atom. The van der Waals surface area contributed by atoms with E-state index in [1.807, 2.05) is 0 Å². The molecule has 0 amide bonds. The second kappa shape index (κ2) is 4.18. The molecule has 0 saturated carbocycles. The molecule has 0 aliphatic heterocycles. The van der Waals surface area contributed by atoms with Crippen molar-refractivity contribution in [1.29, 1.82) is 0 Å². The molecule has 2 N–H and O–H groups in total. The highest BCUT2D eigenvalue weighted by Crippen LogP contribution is 1.96. The summed E-state index contributed by atoms with van der Waals surface area (Å²) in [6, 6.07) is 0.526. The molecule has 1 rings (SSSR count). The second-order valence-electron chi connectivity index (χ2n) is 3.33. The maximum Gasteiger partial charge on any atom is 0.240 e. The van der Waals surface area contributed by atoms with Gasteiger partial charge in [-0.05, 0) is 31.3 Å². The van der Waals surface area contributed by atoms with E-state index in [0.29, 0.717) is 12.0 Å². The Morgan fingerprint density at radius 3 is 2.69 bits per heavy atom. The second-order valence-corrected chi connectivity index (χ2v) is 3.33. The zero-order chi connectivity index (χ0) is 9.84. The molecule has 0 radical (unpaired) electrons. The maximum atomic E-state index is 5.51. The van der Waals surface area contributed by atoms with Gasteiger partial charge in [0, 0.05) is 12.6 Å². The van der Waals surface area contributed by atoms with Crippen LogP contribution in [0.1, 0.15) is 13.8 Å². The van der Waals surface area contributed by atoms with Crippen LogP contribution in [0.3, 0.4) is 0 Å². The molecule has 74 valence electrons. The predicted molar refractivity (Wildman–Crippen MR) is 50.0 cm³/mol. The van der Waals surface area contributed by atoms with Crippen molar-refractivity contribution in [3.8, 4) is 0 Å². The molecule has 0 aromatic carbocycles. The molecular weight excluding hydrogens is 168 g/mol. The summed E-state index contributed by atoms with van der Waals surface area (Å²) < 4.78 is 1.60. The summed E-state index contributed by atoms with van der Waals surface area (Å²) in [5.41, 5.74) is 5.51. The van der Waals surface area contributed by atoms with Crippen LogP contribution >= 0.6 is 0 Å². The van der Waals surface area contributed by atoms with Crippen LogP contribution in [0.15, 0.2) is 0 Å². The first kappa shape index (κ1) is 9.91. The first-order valence-corrected chi connectivity index (χ1v) is 4.33. The van der Waals surface area contributed by atoms with Crippen LogP contribution in [0.2, 0.25) is 0 Å². The number of nitrogens with two attached hydrogens (primary N) is 1. The van der Waals surface area contributed by atoms with Crippen molar-refractivity contribution in [3.63, 3.8) is 0 Å². The Hall–Kier alpha value is -1.17. The molecule has 6 nitrogen and oxygen atoms in total. The molecule has 1 aromatic rings. The van der Waals surface area contributed by atoms with Crippen molar-refractivity contribution in [1.82, 2.24) is 25.1 Å². The molecule has 1 heterocycles. The highest BCUT2D eigenvalue weighted by Gasteiger charge is 2.05. The lowest BCUT2D eigenvalue weighted by atomic mass is 10.3. The lowest BCUT2D eigenvalue weighted by Crippen LogP contribution is -2.30. The molecule has 0 atom stereocenters. The van der Waals surface area contributed by atoms with Crippen LogP contribution in [0.25, 0.3) is 0 Å². The van der Waals surface area contributed by atoms with Gasteiger partial charge in [0.25, 0.3) is 0 Å². The van der Waals surface area contributed by atoms with E-state index >= 15 is 0 Å². The highest BCUT2D eigenvalue weighted by molar-refractivity contribution is 5.09. The van der Waals surface area contributed by atoms with Gasteiger partial charge in [0.1, 0.15) is 0 Å². The van der Waals surface area contributed by atoms with E-state index < -0.39 is 0 Å². The van der Waals surface area contributed by atoms with Gasteiger partial charge < -0.3 is 10.6 Å². The van der Waals surface area contributed by atoms with E-state index in [-0.39, 0.29) is 0 Å². The molecule has 0 bridgehead atoms. The number of anilines is 1. The van der Waals surface area contributed by atoms with Gasteiger partial charge >= 0.3 is 0 Å². The normalized spacial score (nSPS) is 11.5. The van der Waals surface area contributed by atoms with Crippen molar-refractivity contribution in [2.45, 2.75) is 26.4 Å². The van der Waals surface area contributed by atoms with E-state index in [4.69, 9.17) is 5.73 Å². The monoisotopic (exact) mass is 184 g/mol. The smallest absolute Gasteiger partial charge is 0.240 e. The Bertz CT molecular complexity index is 255. The number of nitrogens with zero attached hydrogens (tertiary/aromatic N) is 5. The summed E-state index contributed by atoms with van der Waals surface area (Å²) in [4.78, 5) is 2.21. The lowest BCUT2D eigenvalue weighted by Gasteiger charge is -2.20. The predicted octanol–water partition coefficient (Wildman–Crippen LogP) is -0.404. The Labute approximate surface area is 77.7 Å². The molecular formula is C7H16N6. The Morgan fingerprint density at radius 2 is 2.23 bits per heavy atom. The zero-order valence-electron chi connectivity index (χ0n) is 8.30. The summed E-state index contributed by atoms with van der Waals surface area (Å²) in [5.74, 6) is 0.372. The first-order valence-electron chi connectivity index (χ1n) is 4.33. The average molecular weight is 184 g/mol. The maximum absolute atomic E-state index is 5.51. The zero-order valence-corrected chi connectivity index (χ0v) is 8.30. The molecule has 13 heavy (non-hydrogen) atoms. The van der Waals surface area contributed by atoms with Gasteiger partial charge in [-0.1, -0.05) is 5.10 Å². The third-order valence-electron chi connectivity index (χ3n) is 2.11. The highest BCUT2D eigenvalue weighted by atomic mass is 15.6. The average Bonchev–Trinajstić information content (AvgIpc) is 2.47. The van der Waals surface area contributed by atoms with Crippen molar-refractivity contribution >= 4 is 5.95 Å². The minimum absolute atomic E-state index is 0.372. The minimum Gasteiger partial charge on any atom is -0.367 e. The van der Waals surface area contributed by atoms with Gasteiger partial charge in [0.05, 0.1) is 6.54 Å². The summed E-state index contributed by atoms with van der Waals surface area (Å²) in [6.45, 7) is 5.91. The summed E-state index contributed by atoms with van der Waals surface area (Å²) in [6.07, 6.45) is 0. The number of hydrogen-bond acceptors (Lipinski definition) is 5. The molecule has 0 unspecified atom stereocenters. The molecule has 0 saturated heterocycles. The van der Waals surface area contributed by atoms with E-state index in [1.54, 1.807) is 4.68 Å². The van der Waals surface area contributed by atoms with Gasteiger partial charge in [-0.2, -0.15) is 0 Å². The Balaban J connectivity index is 2.39. The van der Waals surface area contributed by atoms with E-state index in [1.165, 1.54) is 0 Å². The first-order chi connectivity index (χ1) is 6.11. The summed E-state index contributed by atoms with van der Waals surface area (Å²) in [7, 11) is 2.06. The van der Waals surface area contributed by atoms with Crippen molar-refractivity contribution in [2.24, 2.45) is 0 Å². The van der Waals surface area contributed by atoms with Gasteiger partial charge in [0.2, 0.25) is 5.95 Å². The van der Waals surface area contributed by atoms with Crippen molar-refractivity contribution in [2.75, 3.05) is 19.3 Å². The number of likely N-dealkylation sites (N-methyl/N-ethyl adjacent to an activating group) is 1. The fraction of sp³-hybridized carbons (Fsp3) is 0.857. The molecule has 6 heteroatoms. The van der Waals surface area contributed by atoms with E-state index in [0.717, 1.165) is 13.1 Å². The SMILES string of the molecule is CC(C)N(C)CCn1nnnc1N. The van der Waals surface area contributed by atoms with Crippen LogP contribution in [0, 0.1) is 0 Å². The van der Waals surface area contributed by atoms with Crippen LogP contribution in [-0.2, 0) is 6.54 Å². The minimum atomic E-state index is 0.372. The molecule has 1 aromatic heterocycles. The number of tetrazole rings is 1. The van der Waals surface area contributed by atoms with Gasteiger partial charge in [-0.3, -0.25) is 0 Å². The third-order valence-corrected chi connectivity index (χ3v) is 2.11. The summed E-state index contributed by atoms with van der Waals surface area (Å²) in [5, 5.41) is 10.8. The fourth-order valence-electron chi connectivity index (χ4n) is 0.881. The van der Waals surface area contributed by atoms with Crippen LogP contribution in [-0.4, -0.2) is 44.7 Å². The Kier molecular flexibility index (Phi) is 3.18. The standard InChI is InChI=1S/C7H16N6/c1-6(2)12(3)4-5-13-7(8)9-10-11-13/h6H,4-5H2,1-3H3,(H2,8,9,11). The van der Waals surface area contributed by atoms with E-state index in [9.17, 15) is 0 Å². The largest absolute Gasteiger partial charge is 0.367 e. The van der Waals surface area contributed by atoms with Gasteiger partial charge in [-0.25, -0.2) is 4.68 Å². The molecule has 0 fully saturated rings. The number of aromatic nitrogens is 4. The van der Waals surface area contributed by atoms with Crippen LogP contribution < -0.4 is 5.73 Å². The molecule has 0 aliphatic rings. The topological polar surface area (TPSA) is 72.9 Å². The van der Waals surface area contributed by atoms with Crippen LogP contribution in [0.5, 0.6) is 0 Å².